The fourth-order valence-electron chi connectivity index (χ4n) is 3.87. The number of fused-ring (bicyclic) bond motifs is 1. The second-order valence-electron chi connectivity index (χ2n) is 7.74. The van der Waals surface area contributed by atoms with Crippen LogP contribution in [-0.4, -0.2) is 23.8 Å². The highest BCUT2D eigenvalue weighted by Crippen LogP contribution is 2.38. The van der Waals surface area contributed by atoms with Crippen molar-refractivity contribution in [2.75, 3.05) is 12.4 Å². The highest BCUT2D eigenvalue weighted by atomic mass is 35.5. The fourth-order valence-corrected chi connectivity index (χ4v) is 5.42. The number of carbonyl (C=O) groups is 2. The summed E-state index contributed by atoms with van der Waals surface area (Å²) in [5.74, 6) is -0.403. The summed E-state index contributed by atoms with van der Waals surface area (Å²) in [6.45, 7) is 0. The lowest BCUT2D eigenvalue weighted by atomic mass is 9.95. The molecule has 0 radical (unpaired) electrons. The van der Waals surface area contributed by atoms with Crippen LogP contribution in [0.1, 0.15) is 39.4 Å². The van der Waals surface area contributed by atoms with Gasteiger partial charge in [-0.15, -0.1) is 11.3 Å². The van der Waals surface area contributed by atoms with Crippen molar-refractivity contribution in [3.05, 3.63) is 72.8 Å². The van der Waals surface area contributed by atoms with Gasteiger partial charge < -0.3 is 15.1 Å². The molecule has 2 heterocycles. The number of aryl methyl sites for hydroxylation is 1. The number of nitrogens with one attached hydrogen (secondary N) is 2. The lowest BCUT2D eigenvalue weighted by Gasteiger charge is -2.12. The third-order valence-electron chi connectivity index (χ3n) is 5.56. The quantitative estimate of drug-likeness (QED) is 0.198. The van der Waals surface area contributed by atoms with E-state index in [1.165, 1.54) is 42.7 Å². The predicted octanol–water partition coefficient (Wildman–Crippen LogP) is 5.35. The molecule has 0 fully saturated rings. The first-order valence-electron chi connectivity index (χ1n) is 10.7. The third-order valence-corrected chi connectivity index (χ3v) is 7.08. The van der Waals surface area contributed by atoms with E-state index in [9.17, 15) is 25.0 Å². The number of nitro benzene ring substituents is 1. The van der Waals surface area contributed by atoms with Crippen molar-refractivity contribution in [2.24, 2.45) is 0 Å². The molecule has 11 heteroatoms. The van der Waals surface area contributed by atoms with E-state index in [0.29, 0.717) is 21.9 Å². The molecule has 2 amide bonds. The van der Waals surface area contributed by atoms with Gasteiger partial charge in [0.15, 0.2) is 0 Å². The number of hydrogen-bond donors (Lipinski definition) is 2. The Morgan fingerprint density at radius 3 is 2.71 bits per heavy atom. The average Bonchev–Trinajstić information content (AvgIpc) is 3.46. The number of nitro groups is 1. The van der Waals surface area contributed by atoms with Gasteiger partial charge in [0.1, 0.15) is 28.2 Å². The van der Waals surface area contributed by atoms with Gasteiger partial charge in [0, 0.05) is 35.7 Å². The summed E-state index contributed by atoms with van der Waals surface area (Å²) < 4.78 is 5.71. The van der Waals surface area contributed by atoms with E-state index in [4.69, 9.17) is 16.0 Å². The Morgan fingerprint density at radius 2 is 2.03 bits per heavy atom. The van der Waals surface area contributed by atoms with Crippen LogP contribution >= 0.6 is 22.9 Å². The first-order valence-corrected chi connectivity index (χ1v) is 11.9. The van der Waals surface area contributed by atoms with Gasteiger partial charge in [-0.05, 0) is 49.4 Å². The van der Waals surface area contributed by atoms with E-state index in [-0.39, 0.29) is 28.0 Å². The average molecular weight is 511 g/mol. The molecule has 1 aliphatic carbocycles. The van der Waals surface area contributed by atoms with Crippen molar-refractivity contribution < 1.29 is 18.9 Å². The summed E-state index contributed by atoms with van der Waals surface area (Å²) in [5.41, 5.74) is 1.47. The van der Waals surface area contributed by atoms with Crippen LogP contribution in [0.15, 0.2) is 40.3 Å². The molecule has 9 nitrogen and oxygen atoms in total. The first-order chi connectivity index (χ1) is 16.8. The van der Waals surface area contributed by atoms with Crippen LogP contribution in [0.3, 0.4) is 0 Å². The van der Waals surface area contributed by atoms with Crippen molar-refractivity contribution in [1.82, 2.24) is 5.32 Å². The SMILES string of the molecule is CNC(=O)c1c(NC(=O)C(C#N)=Cc2ccc(-c3ccc([N+](=O)[O-])cc3Cl)o2)sc2c1CCCC2. The first kappa shape index (κ1) is 24.2. The van der Waals surface area contributed by atoms with Crippen LogP contribution in [0.25, 0.3) is 17.4 Å². The number of nitrogens with zero attached hydrogens (tertiary/aromatic N) is 2. The summed E-state index contributed by atoms with van der Waals surface area (Å²) in [6.07, 6.45) is 4.90. The maximum absolute atomic E-state index is 12.9. The summed E-state index contributed by atoms with van der Waals surface area (Å²) in [7, 11) is 1.53. The molecule has 0 saturated heterocycles. The van der Waals surface area contributed by atoms with Gasteiger partial charge in [0.05, 0.1) is 15.5 Å². The van der Waals surface area contributed by atoms with Crippen LogP contribution in [-0.2, 0) is 17.6 Å². The van der Waals surface area contributed by atoms with Crippen LogP contribution < -0.4 is 10.6 Å². The lowest BCUT2D eigenvalue weighted by Crippen LogP contribution is -2.22. The minimum atomic E-state index is -0.664. The maximum Gasteiger partial charge on any atom is 0.270 e. The van der Waals surface area contributed by atoms with E-state index in [1.54, 1.807) is 12.1 Å². The van der Waals surface area contributed by atoms with Gasteiger partial charge in [0.25, 0.3) is 17.5 Å². The molecule has 0 unspecified atom stereocenters. The van der Waals surface area contributed by atoms with E-state index in [2.05, 4.69) is 10.6 Å². The molecule has 0 spiro atoms. The van der Waals surface area contributed by atoms with Crippen molar-refractivity contribution >= 4 is 51.5 Å². The Morgan fingerprint density at radius 1 is 1.26 bits per heavy atom. The highest BCUT2D eigenvalue weighted by molar-refractivity contribution is 7.17. The van der Waals surface area contributed by atoms with E-state index in [1.807, 2.05) is 6.07 Å². The van der Waals surface area contributed by atoms with Crippen LogP contribution in [0.5, 0.6) is 0 Å². The minimum absolute atomic E-state index is 0.130. The van der Waals surface area contributed by atoms with Crippen LogP contribution in [0.4, 0.5) is 10.7 Å². The molecule has 35 heavy (non-hydrogen) atoms. The monoisotopic (exact) mass is 510 g/mol. The molecule has 0 aliphatic heterocycles. The molecule has 2 N–H and O–H groups in total. The van der Waals surface area contributed by atoms with Gasteiger partial charge in [-0.25, -0.2) is 0 Å². The zero-order valence-electron chi connectivity index (χ0n) is 18.5. The summed E-state index contributed by atoms with van der Waals surface area (Å²) in [4.78, 5) is 36.8. The molecule has 1 aromatic carbocycles. The molecule has 0 atom stereocenters. The molecule has 2 aromatic heterocycles. The van der Waals surface area contributed by atoms with Crippen molar-refractivity contribution in [3.8, 4) is 17.4 Å². The number of anilines is 1. The standard InChI is InChI=1S/C24H19ClN4O5S/c1-27-23(31)21-17-4-2-3-5-20(17)35-24(21)28-22(30)13(12-26)10-15-7-9-19(34-15)16-8-6-14(29(32)33)11-18(16)25/h6-11H,2-5H2,1H3,(H,27,31)(H,28,30). The van der Waals surface area contributed by atoms with Crippen molar-refractivity contribution in [2.45, 2.75) is 25.7 Å². The molecular formula is C24H19ClN4O5S. The predicted molar refractivity (Wildman–Crippen MR) is 132 cm³/mol. The second-order valence-corrected chi connectivity index (χ2v) is 9.25. The highest BCUT2D eigenvalue weighted by Gasteiger charge is 2.26. The van der Waals surface area contributed by atoms with Gasteiger partial charge in [0.2, 0.25) is 0 Å². The van der Waals surface area contributed by atoms with Gasteiger partial charge in [-0.3, -0.25) is 19.7 Å². The molecule has 4 rings (SSSR count). The van der Waals surface area contributed by atoms with Gasteiger partial charge in [-0.2, -0.15) is 5.26 Å². The molecular weight excluding hydrogens is 492 g/mol. The van der Waals surface area contributed by atoms with Crippen molar-refractivity contribution in [1.29, 1.82) is 5.26 Å². The number of furan rings is 1. The minimum Gasteiger partial charge on any atom is -0.457 e. The number of non-ortho nitro benzene ring substituents is 1. The summed E-state index contributed by atoms with van der Waals surface area (Å²) in [6, 6.07) is 8.99. The Labute approximate surface area is 209 Å². The Balaban J connectivity index is 1.59. The van der Waals surface area contributed by atoms with Gasteiger partial charge >= 0.3 is 0 Å². The summed E-state index contributed by atoms with van der Waals surface area (Å²) >= 11 is 7.52. The zero-order valence-corrected chi connectivity index (χ0v) is 20.1. The molecule has 0 saturated carbocycles. The smallest absolute Gasteiger partial charge is 0.270 e. The number of amides is 2. The number of benzene rings is 1. The Kier molecular flexibility index (Phi) is 7.00. The fraction of sp³-hybridized carbons (Fsp3) is 0.208. The van der Waals surface area contributed by atoms with Crippen LogP contribution in [0, 0.1) is 21.4 Å². The third kappa shape index (κ3) is 4.96. The number of nitriles is 1. The molecule has 1 aliphatic rings. The number of halogens is 1. The van der Waals surface area contributed by atoms with E-state index in [0.717, 1.165) is 36.1 Å². The zero-order chi connectivity index (χ0) is 25.1. The lowest BCUT2D eigenvalue weighted by molar-refractivity contribution is -0.384. The van der Waals surface area contributed by atoms with Crippen LogP contribution in [0.2, 0.25) is 5.02 Å². The van der Waals surface area contributed by atoms with Crippen molar-refractivity contribution in [3.63, 3.8) is 0 Å². The topological polar surface area (TPSA) is 138 Å². The number of rotatable bonds is 6. The van der Waals surface area contributed by atoms with Gasteiger partial charge in [-0.1, -0.05) is 11.6 Å². The number of thiophene rings is 1. The molecule has 3 aromatic rings. The summed E-state index contributed by atoms with van der Waals surface area (Å²) in [5, 5.41) is 26.4. The van der Waals surface area contributed by atoms with E-state index < -0.39 is 10.8 Å². The molecule has 0 bridgehead atoms. The largest absolute Gasteiger partial charge is 0.457 e. The Hall–Kier alpha value is -3.94. The number of carbonyl (C=O) groups excluding carboxylic acids is 2. The normalized spacial score (nSPS) is 13.0. The second kappa shape index (κ2) is 10.1. The Bertz CT molecular complexity index is 1420. The molecule has 178 valence electrons. The number of hydrogen-bond acceptors (Lipinski definition) is 7. The van der Waals surface area contributed by atoms with E-state index >= 15 is 0 Å². The maximum atomic E-state index is 12.9.